The number of likely N-dealkylation sites (tertiary alicyclic amines) is 1. The van der Waals surface area contributed by atoms with Gasteiger partial charge in [-0.2, -0.15) is 18.2 Å². The van der Waals surface area contributed by atoms with Crippen LogP contribution in [0.1, 0.15) is 6.42 Å². The number of fused-ring (bicyclic) bond motifs is 1. The number of aryl methyl sites for hydroxylation is 2. The Bertz CT molecular complexity index is 1810. The first-order valence-electron chi connectivity index (χ1n) is 13.1. The maximum Gasteiger partial charge on any atom is 0.406 e. The fourth-order valence-electron chi connectivity index (χ4n) is 5.04. The number of tetrazole rings is 1. The van der Waals surface area contributed by atoms with Crippen LogP contribution in [0.5, 0.6) is 0 Å². The van der Waals surface area contributed by atoms with Crippen molar-refractivity contribution in [3.63, 3.8) is 0 Å². The molecule has 1 aromatic carbocycles. The lowest BCUT2D eigenvalue weighted by Crippen LogP contribution is -2.30. The number of nitrogens with zero attached hydrogens (tertiary/aromatic N) is 10. The molecule has 0 bridgehead atoms. The zero-order valence-corrected chi connectivity index (χ0v) is 23.0. The highest BCUT2D eigenvalue weighted by Gasteiger charge is 2.31. The minimum atomic E-state index is -4.68. The number of imidazole rings is 1. The van der Waals surface area contributed by atoms with Crippen LogP contribution < -0.4 is 16.2 Å². The van der Waals surface area contributed by atoms with Gasteiger partial charge in [0.1, 0.15) is 23.7 Å². The van der Waals surface area contributed by atoms with Gasteiger partial charge >= 0.3 is 6.18 Å². The smallest absolute Gasteiger partial charge is 0.381 e. The Labute approximate surface area is 237 Å². The van der Waals surface area contributed by atoms with E-state index < -0.39 is 18.3 Å². The third kappa shape index (κ3) is 5.52. The van der Waals surface area contributed by atoms with Gasteiger partial charge in [0.2, 0.25) is 11.8 Å². The number of likely N-dealkylation sites (N-methyl/N-ethyl adjacent to an activating group) is 1. The number of benzene rings is 1. The summed E-state index contributed by atoms with van der Waals surface area (Å²) in [5, 5.41) is 18.0. The minimum absolute atomic E-state index is 0.0449. The Morgan fingerprint density at radius 2 is 1.81 bits per heavy atom. The number of halogens is 3. The molecule has 0 spiro atoms. The normalized spacial score (nSPS) is 15.9. The van der Waals surface area contributed by atoms with Gasteiger partial charge in [-0.25, -0.2) is 14.6 Å². The van der Waals surface area contributed by atoms with Crippen molar-refractivity contribution >= 4 is 28.4 Å². The Morgan fingerprint density at radius 3 is 2.48 bits per heavy atom. The van der Waals surface area contributed by atoms with Crippen LogP contribution in [0.2, 0.25) is 0 Å². The summed E-state index contributed by atoms with van der Waals surface area (Å²) in [4.78, 5) is 28.8. The number of pyridine rings is 1. The van der Waals surface area contributed by atoms with Gasteiger partial charge < -0.3 is 20.1 Å². The first-order valence-corrected chi connectivity index (χ1v) is 13.1. The van der Waals surface area contributed by atoms with E-state index >= 15 is 0 Å². The monoisotopic (exact) mass is 580 g/mol. The molecule has 1 aliphatic rings. The van der Waals surface area contributed by atoms with Gasteiger partial charge in [0.05, 0.1) is 5.56 Å². The van der Waals surface area contributed by atoms with Crippen LogP contribution >= 0.6 is 0 Å². The van der Waals surface area contributed by atoms with Crippen LogP contribution in [0.3, 0.4) is 0 Å². The molecule has 0 saturated carbocycles. The highest BCUT2D eigenvalue weighted by Crippen LogP contribution is 2.26. The molecule has 0 aliphatic carbocycles. The summed E-state index contributed by atoms with van der Waals surface area (Å²) >= 11 is 0. The second kappa shape index (κ2) is 10.5. The van der Waals surface area contributed by atoms with E-state index in [4.69, 9.17) is 0 Å². The average molecular weight is 581 g/mol. The zero-order valence-electron chi connectivity index (χ0n) is 23.0. The van der Waals surface area contributed by atoms with Gasteiger partial charge in [-0.1, -0.05) is 0 Å². The summed E-state index contributed by atoms with van der Waals surface area (Å²) in [5.74, 6) is 0.538. The van der Waals surface area contributed by atoms with Crippen LogP contribution in [0.4, 0.5) is 30.5 Å². The van der Waals surface area contributed by atoms with E-state index in [-0.39, 0.29) is 28.4 Å². The number of alkyl halides is 3. The second-order valence-corrected chi connectivity index (χ2v) is 10.3. The largest absolute Gasteiger partial charge is 0.406 e. The van der Waals surface area contributed by atoms with Crippen molar-refractivity contribution in [3.8, 4) is 22.9 Å². The first kappa shape index (κ1) is 27.3. The fraction of sp³-hybridized carbons (Fsp3) is 0.346. The number of nitrogens with one attached hydrogen (secondary N) is 2. The molecule has 5 heterocycles. The molecule has 4 aromatic heterocycles. The molecule has 0 amide bonds. The summed E-state index contributed by atoms with van der Waals surface area (Å²) in [6, 6.07) is 9.28. The van der Waals surface area contributed by atoms with Gasteiger partial charge in [0.15, 0.2) is 0 Å². The number of anilines is 3. The first-order chi connectivity index (χ1) is 20.0. The highest BCUT2D eigenvalue weighted by atomic mass is 19.4. The van der Waals surface area contributed by atoms with Crippen molar-refractivity contribution < 1.29 is 13.2 Å². The quantitative estimate of drug-likeness (QED) is 0.296. The Hall–Kier alpha value is -4.86. The summed E-state index contributed by atoms with van der Waals surface area (Å²) in [6.07, 6.45) is -0.649. The molecule has 2 N–H and O–H groups in total. The number of rotatable bonds is 7. The molecule has 42 heavy (non-hydrogen) atoms. The maximum atomic E-state index is 13.7. The zero-order chi connectivity index (χ0) is 29.6. The average Bonchev–Trinajstić information content (AvgIpc) is 3.66. The number of hydrogen-bond acceptors (Lipinski definition) is 10. The number of aromatic nitrogens is 9. The molecule has 1 saturated heterocycles. The maximum absolute atomic E-state index is 13.7. The standard InChI is InChI=1S/C26H27F3N12O/c1-38-9-8-18(12-38)31-16-4-6-17(7-5-16)32-25-30-11-15-10-19(24(42)41(21(15)34-25)14-26(27,28)29)22-33-20(13-39(22)2)23-35-36-37-40(23)3/h4-7,10-11,13,18,31H,8-9,12,14H2,1-3H3,(H,30,32,34). The van der Waals surface area contributed by atoms with Crippen molar-refractivity contribution in [2.45, 2.75) is 25.2 Å². The van der Waals surface area contributed by atoms with Crippen LogP contribution in [0.15, 0.2) is 47.5 Å². The van der Waals surface area contributed by atoms with Crippen molar-refractivity contribution in [1.82, 2.24) is 49.2 Å². The van der Waals surface area contributed by atoms with Crippen molar-refractivity contribution in [2.75, 3.05) is 30.8 Å². The molecule has 1 fully saturated rings. The lowest BCUT2D eigenvalue weighted by atomic mass is 10.2. The van der Waals surface area contributed by atoms with Crippen LogP contribution in [-0.2, 0) is 20.6 Å². The molecular formula is C26H27F3N12O. The van der Waals surface area contributed by atoms with E-state index in [9.17, 15) is 18.0 Å². The van der Waals surface area contributed by atoms with E-state index in [1.54, 1.807) is 20.3 Å². The third-order valence-electron chi connectivity index (χ3n) is 7.03. The lowest BCUT2D eigenvalue weighted by molar-refractivity contribution is -0.140. The van der Waals surface area contributed by atoms with Crippen molar-refractivity contribution in [3.05, 3.63) is 53.1 Å². The Kier molecular flexibility index (Phi) is 6.84. The third-order valence-corrected chi connectivity index (χ3v) is 7.03. The molecule has 1 atom stereocenters. The Morgan fingerprint density at radius 1 is 1.05 bits per heavy atom. The molecule has 16 heteroatoms. The van der Waals surface area contributed by atoms with Crippen molar-refractivity contribution in [1.29, 1.82) is 0 Å². The summed E-state index contributed by atoms with van der Waals surface area (Å²) in [7, 11) is 5.34. The van der Waals surface area contributed by atoms with Gasteiger partial charge in [-0.3, -0.25) is 9.36 Å². The van der Waals surface area contributed by atoms with Gasteiger partial charge in [-0.05, 0) is 60.8 Å². The van der Waals surface area contributed by atoms with Gasteiger partial charge in [0.25, 0.3) is 5.56 Å². The van der Waals surface area contributed by atoms with Crippen LogP contribution in [0.25, 0.3) is 33.9 Å². The molecule has 13 nitrogen and oxygen atoms in total. The van der Waals surface area contributed by atoms with E-state index in [1.165, 1.54) is 21.5 Å². The van der Waals surface area contributed by atoms with Crippen LogP contribution in [-0.4, -0.2) is 81.5 Å². The summed E-state index contributed by atoms with van der Waals surface area (Å²) in [5.41, 5.74) is 0.859. The van der Waals surface area contributed by atoms with Gasteiger partial charge in [0, 0.05) is 55.8 Å². The second-order valence-electron chi connectivity index (χ2n) is 10.3. The minimum Gasteiger partial charge on any atom is -0.381 e. The molecule has 1 unspecified atom stereocenters. The molecule has 0 radical (unpaired) electrons. The highest BCUT2D eigenvalue weighted by molar-refractivity contribution is 5.81. The molecule has 5 aromatic rings. The Balaban J connectivity index is 1.33. The van der Waals surface area contributed by atoms with Crippen LogP contribution in [0, 0.1) is 0 Å². The topological polar surface area (TPSA) is 136 Å². The van der Waals surface area contributed by atoms with Crippen molar-refractivity contribution in [2.24, 2.45) is 14.1 Å². The predicted octanol–water partition coefficient (Wildman–Crippen LogP) is 2.80. The van der Waals surface area contributed by atoms with E-state index in [0.29, 0.717) is 27.8 Å². The summed E-state index contributed by atoms with van der Waals surface area (Å²) < 4.78 is 44.6. The SMILES string of the molecule is CN1CCC(Nc2ccc(Nc3ncc4cc(-c5nc(-c6nnnn6C)cn5C)c(=O)n(CC(F)(F)F)c4n3)cc2)C1. The van der Waals surface area contributed by atoms with Gasteiger partial charge in [-0.15, -0.1) is 5.10 Å². The molecule has 6 rings (SSSR count). The van der Waals surface area contributed by atoms with E-state index in [1.807, 2.05) is 24.3 Å². The predicted molar refractivity (Wildman–Crippen MR) is 149 cm³/mol. The summed E-state index contributed by atoms with van der Waals surface area (Å²) in [6.45, 7) is 0.473. The lowest BCUT2D eigenvalue weighted by Gasteiger charge is -2.16. The number of hydrogen-bond donors (Lipinski definition) is 2. The molecule has 1 aliphatic heterocycles. The molecular weight excluding hydrogens is 553 g/mol. The fourth-order valence-corrected chi connectivity index (χ4v) is 5.04. The van der Waals surface area contributed by atoms with E-state index in [2.05, 4.69) is 53.1 Å². The van der Waals surface area contributed by atoms with E-state index in [0.717, 1.165) is 25.2 Å². The molecule has 218 valence electrons.